The minimum Gasteiger partial charge on any atom is -0.485 e. The van der Waals surface area contributed by atoms with Gasteiger partial charge in [0.05, 0.1) is 0 Å². The number of ether oxygens (including phenoxy) is 1. The summed E-state index contributed by atoms with van der Waals surface area (Å²) in [5.41, 5.74) is 0. The van der Waals surface area contributed by atoms with Gasteiger partial charge >= 0.3 is 0 Å². The Morgan fingerprint density at radius 3 is 2.39 bits per heavy atom. The van der Waals surface area contributed by atoms with E-state index >= 15 is 0 Å². The van der Waals surface area contributed by atoms with Gasteiger partial charge in [-0.2, -0.15) is 0 Å². The molecule has 0 saturated heterocycles. The molecule has 0 aliphatic heterocycles. The van der Waals surface area contributed by atoms with E-state index in [4.69, 9.17) is 4.74 Å². The lowest BCUT2D eigenvalue weighted by Crippen LogP contribution is -2.40. The van der Waals surface area contributed by atoms with Crippen LogP contribution in [0.3, 0.4) is 0 Å². The molecule has 1 saturated carbocycles. The van der Waals surface area contributed by atoms with Crippen molar-refractivity contribution in [2.24, 2.45) is 0 Å². The van der Waals surface area contributed by atoms with Gasteiger partial charge in [-0.1, -0.05) is 35.2 Å². The molecule has 0 aromatic heterocycles. The highest BCUT2D eigenvalue weighted by molar-refractivity contribution is 9.10. The molecule has 0 amide bonds. The van der Waals surface area contributed by atoms with Gasteiger partial charge in [0.1, 0.15) is 12.7 Å². The maximum Gasteiger partial charge on any atom is 0.190 e. The first-order valence-electron chi connectivity index (χ1n) is 7.63. The molecule has 2 rings (SSSR count). The molecule has 1 aliphatic carbocycles. The van der Waals surface area contributed by atoms with Gasteiger partial charge < -0.3 is 14.7 Å². The highest BCUT2D eigenvalue weighted by Gasteiger charge is 2.21. The van der Waals surface area contributed by atoms with Crippen LogP contribution in [0.5, 0.6) is 5.75 Å². The molecule has 1 N–H and O–H groups in total. The number of aliphatic hydroxyl groups is 1. The number of aliphatic hydroxyl groups excluding tert-OH is 1. The van der Waals surface area contributed by atoms with Gasteiger partial charge in [0.2, 0.25) is 0 Å². The van der Waals surface area contributed by atoms with E-state index in [1.807, 2.05) is 7.05 Å². The summed E-state index contributed by atoms with van der Waals surface area (Å²) in [5.74, 6) is -2.00. The standard InChI is InChI=1S/C16H22BrF2NO2.ClH/c1-20(12-5-3-2-4-6-12)9-13(21)10-22-16-14(18)7-11(17)8-15(16)19;/h7-8,12-13,21H,2-6,9-10H2,1H3;1H. The predicted octanol–water partition coefficient (Wildman–Crippen LogP) is 4.15. The quantitative estimate of drug-likeness (QED) is 0.759. The van der Waals surface area contributed by atoms with Gasteiger partial charge in [-0.05, 0) is 32.0 Å². The molecule has 0 radical (unpaired) electrons. The van der Waals surface area contributed by atoms with E-state index < -0.39 is 23.5 Å². The number of nitrogens with zero attached hydrogens (tertiary/aromatic N) is 1. The number of halogens is 4. The molecule has 0 bridgehead atoms. The predicted molar refractivity (Wildman–Crippen MR) is 92.3 cm³/mol. The van der Waals surface area contributed by atoms with Crippen LogP contribution in [0.4, 0.5) is 8.78 Å². The van der Waals surface area contributed by atoms with Gasteiger partial charge in [-0.15, -0.1) is 12.4 Å². The summed E-state index contributed by atoms with van der Waals surface area (Å²) < 4.78 is 32.7. The molecule has 0 heterocycles. The van der Waals surface area contributed by atoms with Crippen LogP contribution in [0.15, 0.2) is 16.6 Å². The van der Waals surface area contributed by atoms with Crippen LogP contribution in [0.1, 0.15) is 32.1 Å². The van der Waals surface area contributed by atoms with Crippen molar-refractivity contribution in [1.82, 2.24) is 4.90 Å². The lowest BCUT2D eigenvalue weighted by molar-refractivity contribution is 0.0537. The summed E-state index contributed by atoms with van der Waals surface area (Å²) >= 11 is 3.01. The summed E-state index contributed by atoms with van der Waals surface area (Å²) in [7, 11) is 1.97. The van der Waals surface area contributed by atoms with E-state index in [1.54, 1.807) is 0 Å². The normalized spacial score (nSPS) is 17.0. The fourth-order valence-electron chi connectivity index (χ4n) is 2.90. The van der Waals surface area contributed by atoms with Crippen molar-refractivity contribution < 1.29 is 18.6 Å². The third-order valence-corrected chi connectivity index (χ3v) is 4.54. The monoisotopic (exact) mass is 413 g/mol. The van der Waals surface area contributed by atoms with Gasteiger partial charge in [-0.3, -0.25) is 0 Å². The van der Waals surface area contributed by atoms with Crippen LogP contribution in [-0.4, -0.2) is 42.4 Å². The van der Waals surface area contributed by atoms with E-state index in [2.05, 4.69) is 20.8 Å². The lowest BCUT2D eigenvalue weighted by atomic mass is 9.94. The minimum atomic E-state index is -0.783. The molecule has 1 atom stereocenters. The molecule has 1 aromatic rings. The second-order valence-corrected chi connectivity index (χ2v) is 6.81. The van der Waals surface area contributed by atoms with Crippen LogP contribution >= 0.6 is 28.3 Å². The number of likely N-dealkylation sites (N-methyl/N-ethyl adjacent to an activating group) is 1. The summed E-state index contributed by atoms with van der Waals surface area (Å²) in [5, 5.41) is 10.0. The van der Waals surface area contributed by atoms with Crippen LogP contribution < -0.4 is 4.74 Å². The van der Waals surface area contributed by atoms with Crippen LogP contribution in [0.2, 0.25) is 0 Å². The van der Waals surface area contributed by atoms with Crippen molar-refractivity contribution in [1.29, 1.82) is 0 Å². The number of hydrogen-bond donors (Lipinski definition) is 1. The Balaban J connectivity index is 0.00000264. The largest absolute Gasteiger partial charge is 0.485 e. The third-order valence-electron chi connectivity index (χ3n) is 4.08. The van der Waals surface area contributed by atoms with E-state index in [9.17, 15) is 13.9 Å². The van der Waals surface area contributed by atoms with Crippen LogP contribution in [0, 0.1) is 11.6 Å². The number of rotatable bonds is 6. The van der Waals surface area contributed by atoms with Crippen molar-refractivity contribution in [2.45, 2.75) is 44.2 Å². The SMILES string of the molecule is CN(CC(O)COc1c(F)cc(Br)cc1F)C1CCCCC1.Cl. The van der Waals surface area contributed by atoms with Gasteiger partial charge in [0.25, 0.3) is 0 Å². The summed E-state index contributed by atoms with van der Waals surface area (Å²) in [6, 6.07) is 2.75. The Kier molecular flexibility index (Phi) is 8.75. The summed E-state index contributed by atoms with van der Waals surface area (Å²) in [6.07, 6.45) is 5.21. The zero-order valence-corrected chi connectivity index (χ0v) is 15.5. The van der Waals surface area contributed by atoms with E-state index in [0.29, 0.717) is 17.1 Å². The zero-order valence-electron chi connectivity index (χ0n) is 13.1. The van der Waals surface area contributed by atoms with Crippen molar-refractivity contribution in [2.75, 3.05) is 20.2 Å². The Labute approximate surface area is 150 Å². The molecule has 7 heteroatoms. The average Bonchev–Trinajstić information content (AvgIpc) is 2.47. The molecular weight excluding hydrogens is 392 g/mol. The summed E-state index contributed by atoms with van der Waals surface area (Å²) in [6.45, 7) is 0.303. The Morgan fingerprint density at radius 2 is 1.83 bits per heavy atom. The first-order valence-corrected chi connectivity index (χ1v) is 8.42. The minimum absolute atomic E-state index is 0. The first-order chi connectivity index (χ1) is 10.5. The molecule has 1 aliphatic rings. The van der Waals surface area contributed by atoms with Gasteiger partial charge in [-0.25, -0.2) is 8.78 Å². The topological polar surface area (TPSA) is 32.7 Å². The Morgan fingerprint density at radius 1 is 1.26 bits per heavy atom. The van der Waals surface area contributed by atoms with Gasteiger partial charge in [0.15, 0.2) is 17.4 Å². The van der Waals surface area contributed by atoms with E-state index in [-0.39, 0.29) is 19.0 Å². The molecular formula is C16H23BrClF2NO2. The number of hydrogen-bond acceptors (Lipinski definition) is 3. The van der Waals surface area contributed by atoms with Crippen LogP contribution in [0.25, 0.3) is 0 Å². The first kappa shape index (κ1) is 20.6. The second-order valence-electron chi connectivity index (χ2n) is 5.89. The van der Waals surface area contributed by atoms with Gasteiger partial charge in [0, 0.05) is 17.1 Å². The maximum atomic E-state index is 13.6. The molecule has 0 spiro atoms. The molecule has 1 aromatic carbocycles. The van der Waals surface area contributed by atoms with E-state index in [1.165, 1.54) is 19.3 Å². The third kappa shape index (κ3) is 6.18. The molecule has 23 heavy (non-hydrogen) atoms. The smallest absolute Gasteiger partial charge is 0.190 e. The second kappa shape index (κ2) is 9.77. The van der Waals surface area contributed by atoms with Crippen LogP contribution in [-0.2, 0) is 0 Å². The van der Waals surface area contributed by atoms with E-state index in [0.717, 1.165) is 25.0 Å². The highest BCUT2D eigenvalue weighted by atomic mass is 79.9. The van der Waals surface area contributed by atoms with Crippen molar-refractivity contribution in [3.63, 3.8) is 0 Å². The molecule has 132 valence electrons. The maximum absolute atomic E-state index is 13.6. The fourth-order valence-corrected chi connectivity index (χ4v) is 3.30. The average molecular weight is 415 g/mol. The molecule has 3 nitrogen and oxygen atoms in total. The van der Waals surface area contributed by atoms with Crippen molar-refractivity contribution in [3.8, 4) is 5.75 Å². The summed E-state index contributed by atoms with van der Waals surface area (Å²) in [4.78, 5) is 2.11. The Bertz CT molecular complexity index is 478. The molecule has 1 unspecified atom stereocenters. The number of benzene rings is 1. The fraction of sp³-hybridized carbons (Fsp3) is 0.625. The highest BCUT2D eigenvalue weighted by Crippen LogP contribution is 2.26. The zero-order chi connectivity index (χ0) is 16.1. The Hall–Kier alpha value is -0.430. The van der Waals surface area contributed by atoms with Crippen molar-refractivity contribution >= 4 is 28.3 Å². The molecule has 1 fully saturated rings. The lowest BCUT2D eigenvalue weighted by Gasteiger charge is -2.32. The van der Waals surface area contributed by atoms with Crippen molar-refractivity contribution in [3.05, 3.63) is 28.2 Å².